The summed E-state index contributed by atoms with van der Waals surface area (Å²) in [6.07, 6.45) is 0. The van der Waals surface area contributed by atoms with Crippen LogP contribution in [0.25, 0.3) is 10.7 Å². The van der Waals surface area contributed by atoms with Crippen molar-refractivity contribution >= 4 is 17.0 Å². The highest BCUT2D eigenvalue weighted by Gasteiger charge is 2.10. The lowest BCUT2D eigenvalue weighted by Crippen LogP contribution is -2.02. The van der Waals surface area contributed by atoms with Crippen LogP contribution >= 0.6 is 11.3 Å². The molecule has 1 aromatic carbocycles. The predicted octanol–water partition coefficient (Wildman–Crippen LogP) is 3.73. The first-order valence-electron chi connectivity index (χ1n) is 6.51. The Morgan fingerprint density at radius 2 is 2.24 bits per heavy atom. The molecule has 0 unspecified atom stereocenters. The van der Waals surface area contributed by atoms with E-state index in [1.807, 2.05) is 42.6 Å². The number of thiophene rings is 1. The Morgan fingerprint density at radius 1 is 1.33 bits per heavy atom. The molecule has 0 saturated heterocycles. The highest BCUT2D eigenvalue weighted by molar-refractivity contribution is 7.13. The summed E-state index contributed by atoms with van der Waals surface area (Å²) in [6, 6.07) is 9.89. The van der Waals surface area contributed by atoms with E-state index in [-0.39, 0.29) is 0 Å². The van der Waals surface area contributed by atoms with E-state index >= 15 is 0 Å². The van der Waals surface area contributed by atoms with Gasteiger partial charge in [-0.15, -0.1) is 11.3 Å². The van der Waals surface area contributed by atoms with Crippen LogP contribution in [0.4, 0.5) is 5.69 Å². The van der Waals surface area contributed by atoms with Gasteiger partial charge in [-0.1, -0.05) is 17.3 Å². The fraction of sp³-hybridized carbons (Fsp3) is 0.200. The zero-order valence-corrected chi connectivity index (χ0v) is 12.6. The van der Waals surface area contributed by atoms with Crippen LogP contribution in [0.1, 0.15) is 11.5 Å². The molecule has 0 aliphatic carbocycles. The van der Waals surface area contributed by atoms with E-state index in [0.717, 1.165) is 21.9 Å². The molecular formula is C15H15N3O2S. The molecule has 0 amide bonds. The van der Waals surface area contributed by atoms with Crippen LogP contribution < -0.4 is 10.1 Å². The van der Waals surface area contributed by atoms with E-state index in [9.17, 15) is 0 Å². The number of nitrogens with one attached hydrogen (secondary N) is 1. The Balaban J connectivity index is 1.72. The van der Waals surface area contributed by atoms with Gasteiger partial charge < -0.3 is 14.6 Å². The second-order valence-electron chi connectivity index (χ2n) is 4.55. The first-order valence-corrected chi connectivity index (χ1v) is 7.39. The lowest BCUT2D eigenvalue weighted by molar-refractivity contribution is 0.383. The SMILES string of the molecule is COc1ccc(C)cc1NCc1nc(-c2cccs2)no1. The van der Waals surface area contributed by atoms with Gasteiger partial charge in [0.15, 0.2) is 0 Å². The maximum absolute atomic E-state index is 5.33. The molecule has 0 bridgehead atoms. The minimum atomic E-state index is 0.457. The van der Waals surface area contributed by atoms with Crippen molar-refractivity contribution in [3.8, 4) is 16.5 Å². The summed E-state index contributed by atoms with van der Waals surface area (Å²) in [6.45, 7) is 2.49. The maximum atomic E-state index is 5.33. The number of hydrogen-bond acceptors (Lipinski definition) is 6. The molecule has 3 aromatic rings. The van der Waals surface area contributed by atoms with Crippen molar-refractivity contribution in [1.29, 1.82) is 0 Å². The summed E-state index contributed by atoms with van der Waals surface area (Å²) in [4.78, 5) is 5.37. The van der Waals surface area contributed by atoms with Crippen LogP contribution in [0.2, 0.25) is 0 Å². The number of anilines is 1. The predicted molar refractivity (Wildman–Crippen MR) is 82.7 cm³/mol. The number of rotatable bonds is 5. The third kappa shape index (κ3) is 3.05. The van der Waals surface area contributed by atoms with Crippen molar-refractivity contribution in [2.24, 2.45) is 0 Å². The highest BCUT2D eigenvalue weighted by Crippen LogP contribution is 2.26. The van der Waals surface area contributed by atoms with Gasteiger partial charge in [0.2, 0.25) is 11.7 Å². The molecule has 2 heterocycles. The fourth-order valence-electron chi connectivity index (χ4n) is 1.96. The topological polar surface area (TPSA) is 60.2 Å². The molecule has 0 spiro atoms. The van der Waals surface area contributed by atoms with Crippen LogP contribution in [0.15, 0.2) is 40.2 Å². The number of hydrogen-bond donors (Lipinski definition) is 1. The first kappa shape index (κ1) is 13.6. The molecule has 0 atom stereocenters. The summed E-state index contributed by atoms with van der Waals surface area (Å²) in [5, 5.41) is 9.23. The van der Waals surface area contributed by atoms with E-state index < -0.39 is 0 Å². The van der Waals surface area contributed by atoms with Gasteiger partial charge in [-0.3, -0.25) is 0 Å². The van der Waals surface area contributed by atoms with Crippen LogP contribution in [-0.4, -0.2) is 17.3 Å². The van der Waals surface area contributed by atoms with Gasteiger partial charge in [0.1, 0.15) is 5.75 Å². The highest BCUT2D eigenvalue weighted by atomic mass is 32.1. The average molecular weight is 301 g/mol. The molecular weight excluding hydrogens is 286 g/mol. The molecule has 2 aromatic heterocycles. The molecule has 1 N–H and O–H groups in total. The molecule has 0 fully saturated rings. The fourth-order valence-corrected chi connectivity index (χ4v) is 2.61. The van der Waals surface area contributed by atoms with Gasteiger partial charge >= 0.3 is 0 Å². The Kier molecular flexibility index (Phi) is 3.87. The zero-order valence-electron chi connectivity index (χ0n) is 11.8. The van der Waals surface area contributed by atoms with Crippen molar-refractivity contribution in [3.63, 3.8) is 0 Å². The number of nitrogens with zero attached hydrogens (tertiary/aromatic N) is 2. The first-order chi connectivity index (χ1) is 10.3. The number of ether oxygens (including phenoxy) is 1. The normalized spacial score (nSPS) is 10.6. The van der Waals surface area contributed by atoms with Crippen LogP contribution in [-0.2, 0) is 6.54 Å². The summed E-state index contributed by atoms with van der Waals surface area (Å²) in [7, 11) is 1.65. The van der Waals surface area contributed by atoms with Gasteiger partial charge in [0.05, 0.1) is 24.2 Å². The standard InChI is InChI=1S/C15H15N3O2S/c1-10-5-6-12(19-2)11(8-10)16-9-14-17-15(18-20-14)13-4-3-7-21-13/h3-8,16H,9H2,1-2H3. The maximum Gasteiger partial charge on any atom is 0.246 e. The van der Waals surface area contributed by atoms with Crippen molar-refractivity contribution in [2.75, 3.05) is 12.4 Å². The van der Waals surface area contributed by atoms with Gasteiger partial charge in [-0.25, -0.2) is 0 Å². The molecule has 0 saturated carbocycles. The lowest BCUT2D eigenvalue weighted by atomic mass is 10.2. The largest absolute Gasteiger partial charge is 0.495 e. The van der Waals surface area contributed by atoms with E-state index in [1.54, 1.807) is 18.4 Å². The summed E-state index contributed by atoms with van der Waals surface area (Å²) in [5.41, 5.74) is 2.07. The van der Waals surface area contributed by atoms with Crippen molar-refractivity contribution in [3.05, 3.63) is 47.2 Å². The Hall–Kier alpha value is -2.34. The van der Waals surface area contributed by atoms with Gasteiger partial charge in [0, 0.05) is 0 Å². The molecule has 5 nitrogen and oxygen atoms in total. The average Bonchev–Trinajstić information content (AvgIpc) is 3.16. The minimum Gasteiger partial charge on any atom is -0.495 e. The van der Waals surface area contributed by atoms with Gasteiger partial charge in [-0.2, -0.15) is 4.98 Å². The molecule has 6 heteroatoms. The summed E-state index contributed by atoms with van der Waals surface area (Å²) in [5.74, 6) is 1.96. The van der Waals surface area contributed by atoms with Crippen LogP contribution in [0.3, 0.4) is 0 Å². The second-order valence-corrected chi connectivity index (χ2v) is 5.49. The summed E-state index contributed by atoms with van der Waals surface area (Å²) >= 11 is 1.59. The monoisotopic (exact) mass is 301 g/mol. The second kappa shape index (κ2) is 5.97. The van der Waals surface area contributed by atoms with Gasteiger partial charge in [0.25, 0.3) is 0 Å². The molecule has 0 radical (unpaired) electrons. The zero-order chi connectivity index (χ0) is 14.7. The molecule has 0 aliphatic heterocycles. The van der Waals surface area contributed by atoms with Crippen LogP contribution in [0, 0.1) is 6.92 Å². The molecule has 21 heavy (non-hydrogen) atoms. The van der Waals surface area contributed by atoms with Crippen molar-refractivity contribution in [1.82, 2.24) is 10.1 Å². The third-order valence-electron chi connectivity index (χ3n) is 2.99. The van der Waals surface area contributed by atoms with E-state index in [2.05, 4.69) is 15.5 Å². The third-order valence-corrected chi connectivity index (χ3v) is 3.86. The minimum absolute atomic E-state index is 0.457. The lowest BCUT2D eigenvalue weighted by Gasteiger charge is -2.10. The Bertz CT molecular complexity index is 722. The summed E-state index contributed by atoms with van der Waals surface area (Å²) < 4.78 is 10.6. The molecule has 0 aliphatic rings. The number of aromatic nitrogens is 2. The molecule has 108 valence electrons. The molecule has 3 rings (SSSR count). The number of methoxy groups -OCH3 is 1. The number of aryl methyl sites for hydroxylation is 1. The van der Waals surface area contributed by atoms with Gasteiger partial charge in [-0.05, 0) is 36.1 Å². The van der Waals surface area contributed by atoms with Crippen molar-refractivity contribution in [2.45, 2.75) is 13.5 Å². The van der Waals surface area contributed by atoms with E-state index in [0.29, 0.717) is 18.3 Å². The van der Waals surface area contributed by atoms with E-state index in [4.69, 9.17) is 9.26 Å². The number of benzene rings is 1. The Labute approximate surface area is 126 Å². The quantitative estimate of drug-likeness (QED) is 0.778. The Morgan fingerprint density at radius 3 is 3.00 bits per heavy atom. The van der Waals surface area contributed by atoms with E-state index in [1.165, 1.54) is 0 Å². The van der Waals surface area contributed by atoms with Crippen molar-refractivity contribution < 1.29 is 9.26 Å². The van der Waals surface area contributed by atoms with Crippen LogP contribution in [0.5, 0.6) is 5.75 Å². The smallest absolute Gasteiger partial charge is 0.246 e.